The number of hydrogen-bond acceptors (Lipinski definition) is 3. The normalized spacial score (nSPS) is 15.3. The molecule has 1 aliphatic heterocycles. The molecule has 5 nitrogen and oxygen atoms in total. The van der Waals surface area contributed by atoms with Crippen LogP contribution in [0.5, 0.6) is 0 Å². The maximum absolute atomic E-state index is 11.8. The molecular formula is C13H16N2O3. The number of rotatable bonds is 1. The topological polar surface area (TPSA) is 58.6 Å². The summed E-state index contributed by atoms with van der Waals surface area (Å²) < 4.78 is 5.14. The van der Waals surface area contributed by atoms with Crippen LogP contribution in [0.1, 0.15) is 5.56 Å². The predicted molar refractivity (Wildman–Crippen MR) is 67.2 cm³/mol. The van der Waals surface area contributed by atoms with Crippen LogP contribution in [0.25, 0.3) is 0 Å². The molecule has 1 N–H and O–H groups in total. The van der Waals surface area contributed by atoms with Crippen molar-refractivity contribution in [2.24, 2.45) is 0 Å². The molecule has 0 spiro atoms. The summed E-state index contributed by atoms with van der Waals surface area (Å²) in [5, 5.41) is 2.61. The van der Waals surface area contributed by atoms with Crippen LogP contribution in [0.15, 0.2) is 24.3 Å². The van der Waals surface area contributed by atoms with Crippen LogP contribution in [-0.4, -0.2) is 43.0 Å². The molecule has 0 atom stereocenters. The lowest BCUT2D eigenvalue weighted by molar-refractivity contribution is -0.145. The van der Waals surface area contributed by atoms with Crippen molar-refractivity contribution < 1.29 is 14.3 Å². The summed E-state index contributed by atoms with van der Waals surface area (Å²) in [5.74, 6) is -1.10. The van der Waals surface area contributed by atoms with Gasteiger partial charge in [-0.25, -0.2) is 0 Å². The van der Waals surface area contributed by atoms with Crippen molar-refractivity contribution in [2.75, 3.05) is 31.6 Å². The number of carbonyl (C=O) groups is 2. The van der Waals surface area contributed by atoms with Crippen molar-refractivity contribution in [1.29, 1.82) is 0 Å². The highest BCUT2D eigenvalue weighted by atomic mass is 16.5. The second-order valence-corrected chi connectivity index (χ2v) is 4.23. The van der Waals surface area contributed by atoms with Crippen molar-refractivity contribution in [1.82, 2.24) is 4.90 Å². The second-order valence-electron chi connectivity index (χ2n) is 4.23. The van der Waals surface area contributed by atoms with Crippen molar-refractivity contribution in [3.8, 4) is 0 Å². The van der Waals surface area contributed by atoms with E-state index in [9.17, 15) is 9.59 Å². The van der Waals surface area contributed by atoms with Crippen molar-refractivity contribution in [3.63, 3.8) is 0 Å². The van der Waals surface area contributed by atoms with Crippen LogP contribution in [0.2, 0.25) is 0 Å². The van der Waals surface area contributed by atoms with E-state index in [2.05, 4.69) is 5.32 Å². The molecule has 2 rings (SSSR count). The van der Waals surface area contributed by atoms with Gasteiger partial charge in [0.1, 0.15) is 0 Å². The van der Waals surface area contributed by atoms with Gasteiger partial charge in [0, 0.05) is 18.8 Å². The zero-order chi connectivity index (χ0) is 13.0. The molecule has 0 unspecified atom stereocenters. The third kappa shape index (κ3) is 3.07. The Morgan fingerprint density at radius 2 is 2.00 bits per heavy atom. The van der Waals surface area contributed by atoms with E-state index in [1.807, 2.05) is 25.1 Å². The van der Waals surface area contributed by atoms with E-state index < -0.39 is 11.8 Å². The highest BCUT2D eigenvalue weighted by molar-refractivity contribution is 6.39. The van der Waals surface area contributed by atoms with E-state index in [-0.39, 0.29) is 0 Å². The van der Waals surface area contributed by atoms with Gasteiger partial charge in [-0.2, -0.15) is 0 Å². The highest BCUT2D eigenvalue weighted by Gasteiger charge is 2.23. The van der Waals surface area contributed by atoms with Crippen LogP contribution in [0, 0.1) is 6.92 Å². The van der Waals surface area contributed by atoms with Crippen LogP contribution < -0.4 is 5.32 Å². The smallest absolute Gasteiger partial charge is 0.313 e. The Hall–Kier alpha value is -1.88. The summed E-state index contributed by atoms with van der Waals surface area (Å²) in [6.07, 6.45) is 0. The monoisotopic (exact) mass is 248 g/mol. The molecule has 5 heteroatoms. The van der Waals surface area contributed by atoms with Crippen molar-refractivity contribution >= 4 is 17.5 Å². The first-order valence-electron chi connectivity index (χ1n) is 5.91. The molecule has 0 aromatic heterocycles. The fraction of sp³-hybridized carbons (Fsp3) is 0.385. The zero-order valence-electron chi connectivity index (χ0n) is 10.3. The predicted octanol–water partition coefficient (Wildman–Crippen LogP) is 0.792. The van der Waals surface area contributed by atoms with Crippen LogP contribution in [0.3, 0.4) is 0 Å². The van der Waals surface area contributed by atoms with Gasteiger partial charge in [0.05, 0.1) is 13.2 Å². The number of nitrogens with zero attached hydrogens (tertiary/aromatic N) is 1. The minimum absolute atomic E-state index is 0.472. The summed E-state index contributed by atoms with van der Waals surface area (Å²) in [6, 6.07) is 7.35. The van der Waals surface area contributed by atoms with E-state index in [0.29, 0.717) is 32.0 Å². The molecule has 2 amide bonds. The first-order chi connectivity index (χ1) is 8.66. The van der Waals surface area contributed by atoms with Crippen LogP contribution in [0.4, 0.5) is 5.69 Å². The van der Waals surface area contributed by atoms with Crippen molar-refractivity contribution in [2.45, 2.75) is 6.92 Å². The average Bonchev–Trinajstić information content (AvgIpc) is 2.39. The van der Waals surface area contributed by atoms with Crippen LogP contribution in [-0.2, 0) is 14.3 Å². The lowest BCUT2D eigenvalue weighted by Crippen LogP contribution is -2.45. The number of carbonyl (C=O) groups excluding carboxylic acids is 2. The van der Waals surface area contributed by atoms with Gasteiger partial charge in [0.25, 0.3) is 0 Å². The van der Waals surface area contributed by atoms with Gasteiger partial charge in [-0.3, -0.25) is 9.59 Å². The number of aryl methyl sites for hydroxylation is 1. The fourth-order valence-electron chi connectivity index (χ4n) is 1.82. The molecular weight excluding hydrogens is 232 g/mol. The Balaban J connectivity index is 1.96. The molecule has 0 saturated carbocycles. The lowest BCUT2D eigenvalue weighted by atomic mass is 10.2. The Morgan fingerprint density at radius 1 is 1.28 bits per heavy atom. The first kappa shape index (κ1) is 12.6. The summed E-state index contributed by atoms with van der Waals surface area (Å²) >= 11 is 0. The Labute approximate surface area is 106 Å². The molecule has 0 aliphatic carbocycles. The molecule has 0 bridgehead atoms. The molecule has 1 heterocycles. The van der Waals surface area contributed by atoms with Crippen molar-refractivity contribution in [3.05, 3.63) is 29.8 Å². The standard InChI is InChI=1S/C13H16N2O3/c1-10-3-2-4-11(9-10)14-12(16)13(17)15-5-7-18-8-6-15/h2-4,9H,5-8H2,1H3,(H,14,16). The Morgan fingerprint density at radius 3 is 2.67 bits per heavy atom. The SMILES string of the molecule is Cc1cccc(NC(=O)C(=O)N2CCOCC2)c1. The van der Waals surface area contributed by atoms with Gasteiger partial charge >= 0.3 is 11.8 Å². The first-order valence-corrected chi connectivity index (χ1v) is 5.91. The molecule has 1 saturated heterocycles. The maximum Gasteiger partial charge on any atom is 0.313 e. The molecule has 96 valence electrons. The molecule has 1 fully saturated rings. The quantitative estimate of drug-likeness (QED) is 0.748. The minimum atomic E-state index is -0.595. The van der Waals surface area contributed by atoms with E-state index in [1.165, 1.54) is 4.90 Å². The lowest BCUT2D eigenvalue weighted by Gasteiger charge is -2.26. The number of benzene rings is 1. The van der Waals surface area contributed by atoms with Crippen LogP contribution >= 0.6 is 0 Å². The van der Waals surface area contributed by atoms with E-state index in [0.717, 1.165) is 5.56 Å². The zero-order valence-corrected chi connectivity index (χ0v) is 10.3. The van der Waals surface area contributed by atoms with Gasteiger partial charge in [-0.05, 0) is 24.6 Å². The van der Waals surface area contributed by atoms with Gasteiger partial charge < -0.3 is 15.0 Å². The minimum Gasteiger partial charge on any atom is -0.378 e. The maximum atomic E-state index is 11.8. The summed E-state index contributed by atoms with van der Waals surface area (Å²) in [4.78, 5) is 25.1. The summed E-state index contributed by atoms with van der Waals surface area (Å²) in [5.41, 5.74) is 1.67. The number of anilines is 1. The largest absolute Gasteiger partial charge is 0.378 e. The summed E-state index contributed by atoms with van der Waals surface area (Å²) in [6.45, 7) is 3.85. The molecule has 0 radical (unpaired) electrons. The molecule has 18 heavy (non-hydrogen) atoms. The number of amides is 2. The Bertz CT molecular complexity index is 453. The molecule has 1 aromatic carbocycles. The number of hydrogen-bond donors (Lipinski definition) is 1. The molecule has 1 aromatic rings. The number of nitrogens with one attached hydrogen (secondary N) is 1. The van der Waals surface area contributed by atoms with Gasteiger partial charge in [0.2, 0.25) is 0 Å². The average molecular weight is 248 g/mol. The summed E-state index contributed by atoms with van der Waals surface area (Å²) in [7, 11) is 0. The number of ether oxygens (including phenoxy) is 1. The third-order valence-corrected chi connectivity index (χ3v) is 2.77. The fourth-order valence-corrected chi connectivity index (χ4v) is 1.82. The van der Waals surface area contributed by atoms with Gasteiger partial charge in [-0.15, -0.1) is 0 Å². The van der Waals surface area contributed by atoms with Gasteiger partial charge in [-0.1, -0.05) is 12.1 Å². The van der Waals surface area contributed by atoms with E-state index in [4.69, 9.17) is 4.74 Å². The number of morpholine rings is 1. The molecule has 1 aliphatic rings. The van der Waals surface area contributed by atoms with Gasteiger partial charge in [0.15, 0.2) is 0 Å². The third-order valence-electron chi connectivity index (χ3n) is 2.77. The van der Waals surface area contributed by atoms with E-state index >= 15 is 0 Å². The Kier molecular flexibility index (Phi) is 3.94. The highest BCUT2D eigenvalue weighted by Crippen LogP contribution is 2.10. The van der Waals surface area contributed by atoms with E-state index in [1.54, 1.807) is 6.07 Å². The second kappa shape index (κ2) is 5.64.